The zero-order valence-corrected chi connectivity index (χ0v) is 18.5. The maximum atomic E-state index is 5.77. The predicted octanol–water partition coefficient (Wildman–Crippen LogP) is 5.74. The summed E-state index contributed by atoms with van der Waals surface area (Å²) in [6.07, 6.45) is 0. The first-order chi connectivity index (χ1) is 15.1. The van der Waals surface area contributed by atoms with Crippen LogP contribution < -0.4 is 19.5 Å². The van der Waals surface area contributed by atoms with E-state index in [2.05, 4.69) is 41.2 Å². The van der Waals surface area contributed by atoms with E-state index in [9.17, 15) is 0 Å². The second kappa shape index (κ2) is 8.00. The Morgan fingerprint density at radius 3 is 2.55 bits per heavy atom. The second-order valence-corrected chi connectivity index (χ2v) is 8.20. The highest BCUT2D eigenvalue weighted by molar-refractivity contribution is 7.14. The molecule has 158 valence electrons. The van der Waals surface area contributed by atoms with Crippen LogP contribution in [0.25, 0.3) is 16.9 Å². The fourth-order valence-corrected chi connectivity index (χ4v) is 4.57. The minimum Gasteiger partial charge on any atom is -0.497 e. The van der Waals surface area contributed by atoms with Crippen molar-refractivity contribution >= 4 is 22.2 Å². The lowest BCUT2D eigenvalue weighted by Crippen LogP contribution is -2.15. The molecule has 0 fully saturated rings. The monoisotopic (exact) mass is 433 g/mol. The summed E-state index contributed by atoms with van der Waals surface area (Å²) in [5, 5.41) is 6.30. The van der Waals surface area contributed by atoms with Gasteiger partial charge in [-0.1, -0.05) is 0 Å². The van der Waals surface area contributed by atoms with Gasteiger partial charge in [0.1, 0.15) is 19.0 Å². The van der Waals surface area contributed by atoms with Crippen molar-refractivity contribution in [1.29, 1.82) is 0 Å². The summed E-state index contributed by atoms with van der Waals surface area (Å²) in [4.78, 5) is 4.82. The van der Waals surface area contributed by atoms with Gasteiger partial charge in [-0.25, -0.2) is 4.98 Å². The Kier molecular flexibility index (Phi) is 5.03. The summed E-state index contributed by atoms with van der Waals surface area (Å²) in [6, 6.07) is 16.1. The van der Waals surface area contributed by atoms with Crippen molar-refractivity contribution in [3.8, 4) is 34.2 Å². The third-order valence-electron chi connectivity index (χ3n) is 5.34. The molecule has 0 aliphatic carbocycles. The topological polar surface area (TPSA) is 57.5 Å². The molecule has 6 nitrogen and oxygen atoms in total. The van der Waals surface area contributed by atoms with Crippen LogP contribution in [0.1, 0.15) is 11.4 Å². The molecule has 0 atom stereocenters. The molecule has 0 saturated carbocycles. The number of methoxy groups -OCH3 is 1. The highest BCUT2D eigenvalue weighted by Crippen LogP contribution is 2.36. The van der Waals surface area contributed by atoms with Crippen LogP contribution in [0.3, 0.4) is 0 Å². The molecule has 2 aromatic heterocycles. The van der Waals surface area contributed by atoms with Crippen LogP contribution in [0, 0.1) is 13.8 Å². The van der Waals surface area contributed by atoms with Crippen molar-refractivity contribution in [2.45, 2.75) is 13.8 Å². The van der Waals surface area contributed by atoms with Gasteiger partial charge < -0.3 is 24.1 Å². The first-order valence-corrected chi connectivity index (χ1v) is 11.0. The number of anilines is 2. The van der Waals surface area contributed by atoms with E-state index in [1.165, 1.54) is 0 Å². The number of hydrogen-bond acceptors (Lipinski definition) is 6. The van der Waals surface area contributed by atoms with E-state index in [0.29, 0.717) is 13.2 Å². The Morgan fingerprint density at radius 1 is 1.00 bits per heavy atom. The summed E-state index contributed by atoms with van der Waals surface area (Å²) < 4.78 is 18.9. The molecular weight excluding hydrogens is 410 g/mol. The quantitative estimate of drug-likeness (QED) is 0.435. The number of aryl methyl sites for hydroxylation is 1. The summed E-state index contributed by atoms with van der Waals surface area (Å²) in [7, 11) is 1.66. The van der Waals surface area contributed by atoms with E-state index in [1.54, 1.807) is 18.4 Å². The lowest BCUT2D eigenvalue weighted by molar-refractivity contribution is 0.171. The number of ether oxygens (including phenoxy) is 3. The largest absolute Gasteiger partial charge is 0.497 e. The van der Waals surface area contributed by atoms with Gasteiger partial charge in [-0.15, -0.1) is 11.3 Å². The SMILES string of the molecule is COc1ccc(Nc2nc(-c3cc(C)n(-c4ccc5c(c4)OCCO5)c3C)cs2)cc1. The number of thiazole rings is 1. The van der Waals surface area contributed by atoms with Gasteiger partial charge in [0.25, 0.3) is 0 Å². The van der Waals surface area contributed by atoms with Gasteiger partial charge in [0.15, 0.2) is 16.6 Å². The maximum absolute atomic E-state index is 5.77. The minimum absolute atomic E-state index is 0.578. The third-order valence-corrected chi connectivity index (χ3v) is 6.09. The summed E-state index contributed by atoms with van der Waals surface area (Å²) in [5.74, 6) is 2.42. The molecule has 0 unspecified atom stereocenters. The summed E-state index contributed by atoms with van der Waals surface area (Å²) >= 11 is 1.59. The zero-order valence-electron chi connectivity index (χ0n) is 17.6. The molecule has 0 saturated heterocycles. The Bertz CT molecular complexity index is 1230. The second-order valence-electron chi connectivity index (χ2n) is 7.34. The molecular formula is C24H23N3O3S. The molecule has 0 amide bonds. The van der Waals surface area contributed by atoms with Crippen molar-refractivity contribution in [3.05, 3.63) is 65.3 Å². The Hall–Kier alpha value is -3.45. The highest BCUT2D eigenvalue weighted by atomic mass is 32.1. The van der Waals surface area contributed by atoms with Crippen molar-refractivity contribution in [2.24, 2.45) is 0 Å². The van der Waals surface area contributed by atoms with Crippen molar-refractivity contribution < 1.29 is 14.2 Å². The fourth-order valence-electron chi connectivity index (χ4n) is 3.84. The number of benzene rings is 2. The average molecular weight is 434 g/mol. The molecule has 0 spiro atoms. The minimum atomic E-state index is 0.578. The van der Waals surface area contributed by atoms with E-state index in [-0.39, 0.29) is 0 Å². The van der Waals surface area contributed by atoms with Crippen LogP contribution >= 0.6 is 11.3 Å². The predicted molar refractivity (Wildman–Crippen MR) is 124 cm³/mol. The Balaban J connectivity index is 1.43. The van der Waals surface area contributed by atoms with Gasteiger partial charge in [-0.05, 0) is 56.3 Å². The number of nitrogens with zero attached hydrogens (tertiary/aromatic N) is 2. The highest BCUT2D eigenvalue weighted by Gasteiger charge is 2.18. The molecule has 1 N–H and O–H groups in total. The molecule has 1 aliphatic rings. The molecule has 0 radical (unpaired) electrons. The van der Waals surface area contributed by atoms with Gasteiger partial charge >= 0.3 is 0 Å². The standard InChI is InChI=1S/C24H23N3O3S/c1-15-12-20(16(2)27(15)18-6-9-22-23(13-18)30-11-10-29-22)21-14-31-24(26-21)25-17-4-7-19(28-3)8-5-17/h4-9,12-14H,10-11H2,1-3H3,(H,25,26). The molecule has 4 aromatic rings. The van der Waals surface area contributed by atoms with Crippen molar-refractivity contribution in [1.82, 2.24) is 9.55 Å². The first-order valence-electron chi connectivity index (χ1n) is 10.1. The number of hydrogen-bond donors (Lipinski definition) is 1. The van der Waals surface area contributed by atoms with Crippen LogP contribution in [0.4, 0.5) is 10.8 Å². The smallest absolute Gasteiger partial charge is 0.187 e. The fraction of sp³-hybridized carbons (Fsp3) is 0.208. The molecule has 2 aromatic carbocycles. The van der Waals surface area contributed by atoms with E-state index in [1.807, 2.05) is 36.4 Å². The normalized spacial score (nSPS) is 12.6. The van der Waals surface area contributed by atoms with E-state index in [4.69, 9.17) is 19.2 Å². The van der Waals surface area contributed by atoms with Gasteiger partial charge in [0, 0.05) is 39.8 Å². The van der Waals surface area contributed by atoms with Crippen LogP contribution in [-0.4, -0.2) is 29.9 Å². The van der Waals surface area contributed by atoms with Crippen molar-refractivity contribution in [2.75, 3.05) is 25.6 Å². The third kappa shape index (κ3) is 3.72. The van der Waals surface area contributed by atoms with Gasteiger partial charge in [-0.2, -0.15) is 0 Å². The summed E-state index contributed by atoms with van der Waals surface area (Å²) in [6.45, 7) is 5.40. The molecule has 3 heterocycles. The molecule has 5 rings (SSSR count). The average Bonchev–Trinajstić information content (AvgIpc) is 3.37. The first kappa shape index (κ1) is 19.5. The van der Waals surface area contributed by atoms with E-state index >= 15 is 0 Å². The van der Waals surface area contributed by atoms with Crippen molar-refractivity contribution in [3.63, 3.8) is 0 Å². The van der Waals surface area contributed by atoms with Crippen LogP contribution in [0.15, 0.2) is 53.9 Å². The number of nitrogens with one attached hydrogen (secondary N) is 1. The van der Waals surface area contributed by atoms with Crippen LogP contribution in [0.5, 0.6) is 17.2 Å². The number of fused-ring (bicyclic) bond motifs is 1. The lowest BCUT2D eigenvalue weighted by Gasteiger charge is -2.20. The number of rotatable bonds is 5. The molecule has 0 bridgehead atoms. The van der Waals surface area contributed by atoms with E-state index in [0.717, 1.165) is 56.4 Å². The van der Waals surface area contributed by atoms with Gasteiger partial charge in [0.2, 0.25) is 0 Å². The van der Waals surface area contributed by atoms with Gasteiger partial charge in [0.05, 0.1) is 12.8 Å². The Labute approximate surface area is 185 Å². The van der Waals surface area contributed by atoms with Gasteiger partial charge in [-0.3, -0.25) is 0 Å². The van der Waals surface area contributed by atoms with Crippen LogP contribution in [-0.2, 0) is 0 Å². The number of aromatic nitrogens is 2. The molecule has 1 aliphatic heterocycles. The van der Waals surface area contributed by atoms with Crippen LogP contribution in [0.2, 0.25) is 0 Å². The molecule has 7 heteroatoms. The lowest BCUT2D eigenvalue weighted by atomic mass is 10.2. The zero-order chi connectivity index (χ0) is 21.4. The molecule has 31 heavy (non-hydrogen) atoms. The van der Waals surface area contributed by atoms with E-state index < -0.39 is 0 Å². The Morgan fingerprint density at radius 2 is 1.77 bits per heavy atom. The summed E-state index contributed by atoms with van der Waals surface area (Å²) in [5.41, 5.74) is 6.38. The maximum Gasteiger partial charge on any atom is 0.187 e.